The van der Waals surface area contributed by atoms with E-state index < -0.39 is 0 Å². The van der Waals surface area contributed by atoms with Crippen LogP contribution < -0.4 is 11.7 Å². The molecule has 0 spiro atoms. The van der Waals surface area contributed by atoms with Crippen molar-refractivity contribution in [2.24, 2.45) is 81.4 Å². The van der Waals surface area contributed by atoms with E-state index >= 15 is 0 Å². The van der Waals surface area contributed by atoms with Gasteiger partial charge < -0.3 is 5.84 Å². The molecule has 5 aliphatic rings. The highest BCUT2D eigenvalue weighted by Gasteiger charge is 2.73. The zero-order valence-electron chi connectivity index (χ0n) is 19.4. The third-order valence-corrected chi connectivity index (χ3v) is 10.8. The second-order valence-corrected chi connectivity index (χ2v) is 12.1. The number of nitrogens with two attached hydrogens (primary N) is 2. The van der Waals surface area contributed by atoms with Gasteiger partial charge in [-0.15, -0.1) is 0 Å². The molecule has 10 unspecified atom stereocenters. The summed E-state index contributed by atoms with van der Waals surface area (Å²) in [5.41, 5.74) is 0.170. The van der Waals surface area contributed by atoms with Crippen LogP contribution in [0, 0.1) is 64.6 Å². The maximum absolute atomic E-state index is 13.5. The van der Waals surface area contributed by atoms with Gasteiger partial charge in [0.2, 0.25) is 0 Å². The summed E-state index contributed by atoms with van der Waals surface area (Å²) in [5.74, 6) is 20.0. The number of fused-ring (bicyclic) bond motifs is 7. The van der Waals surface area contributed by atoms with Crippen molar-refractivity contribution >= 4 is 11.6 Å². The minimum Gasteiger partial charge on any atom is -0.322 e. The molecule has 5 nitrogen and oxygen atoms in total. The molecule has 5 fully saturated rings. The van der Waals surface area contributed by atoms with Gasteiger partial charge in [-0.05, 0) is 104 Å². The molecule has 0 saturated heterocycles. The van der Waals surface area contributed by atoms with E-state index in [0.717, 1.165) is 41.4 Å². The molecule has 5 heteroatoms. The minimum absolute atomic E-state index is 0.170. The third kappa shape index (κ3) is 2.90. The summed E-state index contributed by atoms with van der Waals surface area (Å²) in [7, 11) is 0. The number of ketones is 1. The number of hydrazine groups is 1. The maximum atomic E-state index is 13.5. The van der Waals surface area contributed by atoms with Gasteiger partial charge in [-0.1, -0.05) is 27.2 Å². The van der Waals surface area contributed by atoms with E-state index in [2.05, 4.69) is 25.9 Å². The number of amidine groups is 1. The Labute approximate surface area is 182 Å². The molecule has 0 radical (unpaired) electrons. The van der Waals surface area contributed by atoms with Crippen molar-refractivity contribution in [3.63, 3.8) is 0 Å². The van der Waals surface area contributed by atoms with Gasteiger partial charge in [0.15, 0.2) is 5.78 Å². The molecule has 30 heavy (non-hydrogen) atoms. The van der Waals surface area contributed by atoms with Crippen LogP contribution in [0.1, 0.15) is 72.6 Å². The fourth-order valence-electron chi connectivity index (χ4n) is 9.55. The Morgan fingerprint density at radius 3 is 2.53 bits per heavy atom. The van der Waals surface area contributed by atoms with Crippen molar-refractivity contribution in [2.45, 2.75) is 72.6 Å². The fourth-order valence-corrected chi connectivity index (χ4v) is 9.55. The highest BCUT2D eigenvalue weighted by atomic mass is 16.1. The molecular weight excluding hydrogens is 372 g/mol. The lowest BCUT2D eigenvalue weighted by molar-refractivity contribution is -0.134. The Kier molecular flexibility index (Phi) is 5.00. The predicted molar refractivity (Wildman–Crippen MR) is 120 cm³/mol. The highest BCUT2D eigenvalue weighted by molar-refractivity contribution is 5.89. The van der Waals surface area contributed by atoms with Gasteiger partial charge in [0.05, 0.1) is 6.54 Å². The van der Waals surface area contributed by atoms with Crippen molar-refractivity contribution in [2.75, 3.05) is 6.54 Å². The van der Waals surface area contributed by atoms with Crippen LogP contribution in [-0.4, -0.2) is 23.2 Å². The summed E-state index contributed by atoms with van der Waals surface area (Å²) in [6.07, 6.45) is 9.80. The van der Waals surface area contributed by atoms with E-state index in [-0.39, 0.29) is 17.9 Å². The van der Waals surface area contributed by atoms with Gasteiger partial charge in [-0.2, -0.15) is 5.10 Å². The minimum atomic E-state index is 0.170. The number of carbonyl (C=O) groups excluding carboxylic acids is 1. The number of rotatable bonds is 3. The Bertz CT molecular complexity index is 737. The van der Waals surface area contributed by atoms with Crippen molar-refractivity contribution < 1.29 is 4.79 Å². The Balaban J connectivity index is 1.38. The van der Waals surface area contributed by atoms with Crippen molar-refractivity contribution in [3.05, 3.63) is 0 Å². The topological polar surface area (TPSA) is 84.7 Å². The zero-order valence-corrected chi connectivity index (χ0v) is 19.4. The van der Waals surface area contributed by atoms with Crippen molar-refractivity contribution in [1.82, 2.24) is 5.01 Å². The number of hydrogen-bond acceptors (Lipinski definition) is 4. The number of Topliss-reactive ketones (excluding diaryl/α,β-unsaturated/α-hetero) is 1. The average molecular weight is 415 g/mol. The molecule has 5 aliphatic carbocycles. The molecule has 0 aliphatic heterocycles. The standard InChI is InChI=1S/C25H42N4O/c1-13-5-7-17-16(11-13)6-8-19-18(17)9-10-25(4)23(19)21-14(2)22(21)24(25)20(30)12-29(27)15(3)28-26/h13-14,16-19,21-24H,5-12,26-27H2,1-4H3/b28-15-/t13?,14-,16?,17?,18?,19?,21?,22?,23?,24?,25?/m0/s1. The van der Waals surface area contributed by atoms with Crippen molar-refractivity contribution in [3.8, 4) is 0 Å². The number of hydrogen-bond donors (Lipinski definition) is 2. The maximum Gasteiger partial charge on any atom is 0.157 e. The lowest BCUT2D eigenvalue weighted by atomic mass is 9.47. The largest absolute Gasteiger partial charge is 0.322 e. The molecular formula is C25H42N4O. The molecule has 0 aromatic heterocycles. The van der Waals surface area contributed by atoms with E-state index in [1.807, 2.05) is 0 Å². The monoisotopic (exact) mass is 414 g/mol. The first kappa shape index (κ1) is 20.8. The van der Waals surface area contributed by atoms with Gasteiger partial charge in [-0.25, -0.2) is 5.84 Å². The van der Waals surface area contributed by atoms with Crippen LogP contribution in [0.5, 0.6) is 0 Å². The molecule has 5 saturated carbocycles. The highest BCUT2D eigenvalue weighted by Crippen LogP contribution is 2.76. The zero-order chi connectivity index (χ0) is 21.4. The van der Waals surface area contributed by atoms with Crippen LogP contribution in [0.25, 0.3) is 0 Å². The summed E-state index contributed by atoms with van der Waals surface area (Å²) in [4.78, 5) is 13.5. The number of carbonyl (C=O) groups is 1. The Morgan fingerprint density at radius 1 is 1.07 bits per heavy atom. The Hall–Kier alpha value is -1.10. The fraction of sp³-hybridized carbons (Fsp3) is 0.920. The van der Waals surface area contributed by atoms with E-state index in [1.54, 1.807) is 6.92 Å². The van der Waals surface area contributed by atoms with Crippen LogP contribution in [0.2, 0.25) is 0 Å². The molecule has 0 heterocycles. The summed E-state index contributed by atoms with van der Waals surface area (Å²) in [6.45, 7) is 9.34. The van der Waals surface area contributed by atoms with Crippen molar-refractivity contribution in [1.29, 1.82) is 0 Å². The first-order chi connectivity index (χ1) is 14.3. The van der Waals surface area contributed by atoms with E-state index in [1.165, 1.54) is 50.0 Å². The lowest BCUT2D eigenvalue weighted by Gasteiger charge is -2.57. The first-order valence-electron chi connectivity index (χ1n) is 12.6. The summed E-state index contributed by atoms with van der Waals surface area (Å²) in [6, 6.07) is 0. The Morgan fingerprint density at radius 2 is 1.80 bits per heavy atom. The summed E-state index contributed by atoms with van der Waals surface area (Å²) in [5, 5.41) is 5.12. The molecule has 0 amide bonds. The van der Waals surface area contributed by atoms with E-state index in [9.17, 15) is 4.79 Å². The van der Waals surface area contributed by atoms with Crippen LogP contribution in [0.15, 0.2) is 5.10 Å². The SMILES string of the molecule is C/C(=N/N)N(N)CC(=O)C1C2C(C3C4CCC5CC(C)CCC5C4CCC13C)[C@@H]2C. The second kappa shape index (κ2) is 7.21. The summed E-state index contributed by atoms with van der Waals surface area (Å²) < 4.78 is 0. The third-order valence-electron chi connectivity index (χ3n) is 10.8. The normalized spacial score (nSPS) is 52.0. The molecule has 5 rings (SSSR count). The molecule has 4 N–H and O–H groups in total. The molecule has 0 bridgehead atoms. The average Bonchev–Trinajstić information content (AvgIpc) is 3.23. The molecule has 11 atom stereocenters. The van der Waals surface area contributed by atoms with Crippen LogP contribution in [-0.2, 0) is 4.79 Å². The first-order valence-corrected chi connectivity index (χ1v) is 12.6. The lowest BCUT2D eigenvalue weighted by Crippen LogP contribution is -2.52. The number of nitrogens with zero attached hydrogens (tertiary/aromatic N) is 2. The summed E-state index contributed by atoms with van der Waals surface area (Å²) >= 11 is 0. The quantitative estimate of drug-likeness (QED) is 0.316. The second-order valence-electron chi connectivity index (χ2n) is 12.1. The van der Waals surface area contributed by atoms with Crippen LogP contribution >= 0.6 is 0 Å². The van der Waals surface area contributed by atoms with Gasteiger partial charge >= 0.3 is 0 Å². The number of hydrazone groups is 1. The van der Waals surface area contributed by atoms with E-state index in [4.69, 9.17) is 11.7 Å². The van der Waals surface area contributed by atoms with Gasteiger partial charge in [-0.3, -0.25) is 9.80 Å². The molecule has 168 valence electrons. The smallest absolute Gasteiger partial charge is 0.157 e. The van der Waals surface area contributed by atoms with Crippen LogP contribution in [0.3, 0.4) is 0 Å². The van der Waals surface area contributed by atoms with Gasteiger partial charge in [0, 0.05) is 5.92 Å². The van der Waals surface area contributed by atoms with Gasteiger partial charge in [0.25, 0.3) is 0 Å². The molecule has 0 aromatic carbocycles. The predicted octanol–water partition coefficient (Wildman–Crippen LogP) is 4.03. The molecule has 0 aromatic rings. The van der Waals surface area contributed by atoms with Crippen LogP contribution in [0.4, 0.5) is 0 Å². The van der Waals surface area contributed by atoms with E-state index in [0.29, 0.717) is 23.5 Å². The van der Waals surface area contributed by atoms with Gasteiger partial charge in [0.1, 0.15) is 5.84 Å².